The van der Waals surface area contributed by atoms with Gasteiger partial charge in [0.1, 0.15) is 23.0 Å². The molecule has 0 spiro atoms. The van der Waals surface area contributed by atoms with Crippen molar-refractivity contribution >= 4 is 33.3 Å². The Hall–Kier alpha value is -3.40. The van der Waals surface area contributed by atoms with Crippen LogP contribution >= 0.6 is 11.3 Å². The van der Waals surface area contributed by atoms with Crippen molar-refractivity contribution in [3.63, 3.8) is 0 Å². The van der Waals surface area contributed by atoms with Crippen molar-refractivity contribution in [2.24, 2.45) is 0 Å². The van der Waals surface area contributed by atoms with Gasteiger partial charge in [0.05, 0.1) is 6.04 Å². The highest BCUT2D eigenvalue weighted by molar-refractivity contribution is 7.83. The van der Waals surface area contributed by atoms with E-state index in [9.17, 15) is 27.8 Å². The van der Waals surface area contributed by atoms with Gasteiger partial charge in [-0.15, -0.1) is 11.3 Å². The number of amides is 1. The minimum Gasteiger partial charge on any atom is -0.340 e. The fourth-order valence-electron chi connectivity index (χ4n) is 4.54. The lowest BCUT2D eigenvalue weighted by atomic mass is 9.85. The van der Waals surface area contributed by atoms with Crippen LogP contribution in [0.3, 0.4) is 0 Å². The molecule has 0 bridgehead atoms. The first kappa shape index (κ1) is 26.7. The summed E-state index contributed by atoms with van der Waals surface area (Å²) in [5.74, 6) is -1.89. The van der Waals surface area contributed by atoms with E-state index in [2.05, 4.69) is 15.4 Å². The number of rotatable bonds is 10. The van der Waals surface area contributed by atoms with Crippen LogP contribution in [0.15, 0.2) is 72.8 Å². The van der Waals surface area contributed by atoms with E-state index in [1.807, 2.05) is 6.07 Å². The van der Waals surface area contributed by atoms with Crippen LogP contribution < -0.4 is 15.4 Å². The maximum Gasteiger partial charge on any atom is 0.334 e. The molecule has 1 aromatic heterocycles. The second kappa shape index (κ2) is 11.8. The van der Waals surface area contributed by atoms with Crippen LogP contribution in [0.1, 0.15) is 45.7 Å². The monoisotopic (exact) mass is 538 g/mol. The number of hydrogen-bond acceptors (Lipinski definition) is 7. The van der Waals surface area contributed by atoms with E-state index in [0.29, 0.717) is 33.8 Å². The normalized spacial score (nSPS) is 17.2. The number of benzene rings is 2. The van der Waals surface area contributed by atoms with Gasteiger partial charge >= 0.3 is 10.3 Å². The number of Topliss-reactive ketones (excluding diaryl/α,β-unsaturated/α-hetero) is 1. The van der Waals surface area contributed by atoms with Gasteiger partial charge in [0.2, 0.25) is 5.91 Å². The smallest absolute Gasteiger partial charge is 0.334 e. The fourth-order valence-corrected chi connectivity index (χ4v) is 5.97. The third-order valence-electron chi connectivity index (χ3n) is 6.21. The number of nitriles is 1. The molecule has 2 aromatic carbocycles. The number of carbonyl (C=O) groups is 2. The SMILES string of the molecule is N#Cc1ccc(C(NC(=O)[C@H](NS(=O)(=O)O)C(c2ccccc2)c2ccccc2)C(=O)[C@@H]2CCCN2)s1. The largest absolute Gasteiger partial charge is 0.340 e. The molecule has 4 N–H and O–H groups in total. The average Bonchev–Trinajstić information content (AvgIpc) is 3.60. The number of thiophene rings is 1. The Labute approximate surface area is 219 Å². The molecule has 0 saturated carbocycles. The highest BCUT2D eigenvalue weighted by Crippen LogP contribution is 2.31. The summed E-state index contributed by atoms with van der Waals surface area (Å²) in [4.78, 5) is 28.1. The summed E-state index contributed by atoms with van der Waals surface area (Å²) in [6.07, 6.45) is 1.41. The average molecular weight is 539 g/mol. The molecule has 9 nitrogen and oxygen atoms in total. The van der Waals surface area contributed by atoms with Crippen LogP contribution in [0.2, 0.25) is 0 Å². The van der Waals surface area contributed by atoms with Gasteiger partial charge in [0, 0.05) is 10.8 Å². The topological polar surface area (TPSA) is 148 Å². The molecule has 3 atom stereocenters. The Balaban J connectivity index is 1.75. The standard InChI is InChI=1S/C26H26N4O5S2/c27-16-19-13-14-21(36-19)23(25(31)20-12-7-15-28-20)29-26(32)24(30-37(33,34)35)22(17-8-3-1-4-9-17)18-10-5-2-6-11-18/h1-6,8-11,13-14,20,22-24,28,30H,7,12,15H2,(H,29,32)(H,33,34,35)/t20-,23?,24+/m0/s1. The predicted molar refractivity (Wildman–Crippen MR) is 139 cm³/mol. The lowest BCUT2D eigenvalue weighted by Crippen LogP contribution is -2.52. The van der Waals surface area contributed by atoms with Crippen molar-refractivity contribution in [3.05, 3.63) is 93.7 Å². The number of ketones is 1. The molecule has 11 heteroatoms. The van der Waals surface area contributed by atoms with E-state index >= 15 is 0 Å². The second-order valence-corrected chi connectivity index (χ2v) is 11.0. The summed E-state index contributed by atoms with van der Waals surface area (Å²) in [5.41, 5.74) is 1.27. The Kier molecular flexibility index (Phi) is 8.48. The van der Waals surface area contributed by atoms with Crippen LogP contribution in [0.5, 0.6) is 0 Å². The lowest BCUT2D eigenvalue weighted by molar-refractivity contribution is -0.129. The first-order valence-electron chi connectivity index (χ1n) is 11.7. The molecule has 1 aliphatic rings. The third kappa shape index (κ3) is 6.68. The zero-order chi connectivity index (χ0) is 26.4. The number of nitrogens with one attached hydrogen (secondary N) is 3. The molecular formula is C26H26N4O5S2. The third-order valence-corrected chi connectivity index (χ3v) is 7.81. The molecule has 4 rings (SSSR count). The van der Waals surface area contributed by atoms with Gasteiger partial charge in [-0.3, -0.25) is 14.1 Å². The maximum atomic E-state index is 13.8. The van der Waals surface area contributed by atoms with E-state index < -0.39 is 40.3 Å². The zero-order valence-electron chi connectivity index (χ0n) is 19.7. The van der Waals surface area contributed by atoms with Gasteiger partial charge in [0.15, 0.2) is 5.78 Å². The highest BCUT2D eigenvalue weighted by Gasteiger charge is 2.38. The van der Waals surface area contributed by atoms with Gasteiger partial charge in [0.25, 0.3) is 0 Å². The fraction of sp³-hybridized carbons (Fsp3) is 0.269. The van der Waals surface area contributed by atoms with Crippen molar-refractivity contribution in [2.45, 2.75) is 36.9 Å². The molecule has 1 amide bonds. The maximum absolute atomic E-state index is 13.8. The van der Waals surface area contributed by atoms with E-state index in [1.165, 1.54) is 0 Å². The second-order valence-electron chi connectivity index (χ2n) is 8.68. The van der Waals surface area contributed by atoms with E-state index in [1.54, 1.807) is 72.8 Å². The summed E-state index contributed by atoms with van der Waals surface area (Å²) in [6, 6.07) is 19.8. The first-order valence-corrected chi connectivity index (χ1v) is 13.9. The molecule has 2 heterocycles. The van der Waals surface area contributed by atoms with Crippen molar-refractivity contribution in [3.8, 4) is 6.07 Å². The minimum atomic E-state index is -4.81. The van der Waals surface area contributed by atoms with Crippen LogP contribution in [0.25, 0.3) is 0 Å². The van der Waals surface area contributed by atoms with Crippen LogP contribution in [0, 0.1) is 11.3 Å². The molecule has 192 valence electrons. The minimum absolute atomic E-state index is 0.279. The predicted octanol–water partition coefficient (Wildman–Crippen LogP) is 2.69. The van der Waals surface area contributed by atoms with Crippen LogP contribution in [-0.4, -0.2) is 43.3 Å². The molecule has 37 heavy (non-hydrogen) atoms. The zero-order valence-corrected chi connectivity index (χ0v) is 21.3. The summed E-state index contributed by atoms with van der Waals surface area (Å²) >= 11 is 1.08. The summed E-state index contributed by atoms with van der Waals surface area (Å²) in [5, 5.41) is 15.1. The number of nitrogens with zero attached hydrogens (tertiary/aromatic N) is 1. The van der Waals surface area contributed by atoms with Gasteiger partial charge < -0.3 is 10.6 Å². The Morgan fingerprint density at radius 3 is 2.14 bits per heavy atom. The van der Waals surface area contributed by atoms with E-state index in [4.69, 9.17) is 0 Å². The number of hydrogen-bond donors (Lipinski definition) is 4. The molecule has 1 aliphatic heterocycles. The molecule has 1 fully saturated rings. The van der Waals surface area contributed by atoms with Crippen LogP contribution in [-0.2, 0) is 19.9 Å². The van der Waals surface area contributed by atoms with Gasteiger partial charge in [-0.1, -0.05) is 60.7 Å². The summed E-state index contributed by atoms with van der Waals surface area (Å²) in [6.45, 7) is 0.669. The van der Waals surface area contributed by atoms with Gasteiger partial charge in [-0.05, 0) is 42.6 Å². The highest BCUT2D eigenvalue weighted by atomic mass is 32.2. The molecule has 3 aromatic rings. The van der Waals surface area contributed by atoms with Crippen molar-refractivity contribution < 1.29 is 22.6 Å². The van der Waals surface area contributed by atoms with Crippen molar-refractivity contribution in [2.75, 3.05) is 6.54 Å². The first-order chi connectivity index (χ1) is 17.8. The van der Waals surface area contributed by atoms with Crippen LogP contribution in [0.4, 0.5) is 0 Å². The Morgan fingerprint density at radius 1 is 1.03 bits per heavy atom. The van der Waals surface area contributed by atoms with Crippen molar-refractivity contribution in [1.29, 1.82) is 5.26 Å². The Morgan fingerprint density at radius 2 is 1.65 bits per heavy atom. The number of carbonyl (C=O) groups excluding carboxylic acids is 2. The molecular weight excluding hydrogens is 512 g/mol. The van der Waals surface area contributed by atoms with Gasteiger partial charge in [-0.2, -0.15) is 18.4 Å². The van der Waals surface area contributed by atoms with E-state index in [0.717, 1.165) is 17.8 Å². The summed E-state index contributed by atoms with van der Waals surface area (Å²) in [7, 11) is -4.81. The quantitative estimate of drug-likeness (QED) is 0.290. The molecule has 1 saturated heterocycles. The van der Waals surface area contributed by atoms with E-state index in [-0.39, 0.29) is 5.78 Å². The van der Waals surface area contributed by atoms with Crippen molar-refractivity contribution in [1.82, 2.24) is 15.4 Å². The Bertz CT molecular complexity index is 1340. The summed E-state index contributed by atoms with van der Waals surface area (Å²) < 4.78 is 35.8. The molecule has 0 aliphatic carbocycles. The molecule has 0 radical (unpaired) electrons. The lowest BCUT2D eigenvalue weighted by Gasteiger charge is -2.29. The van der Waals surface area contributed by atoms with Gasteiger partial charge in [-0.25, -0.2) is 0 Å². The molecule has 1 unspecified atom stereocenters.